The van der Waals surface area contributed by atoms with Crippen LogP contribution in [0.1, 0.15) is 52.0 Å². The number of nitrogens with zero attached hydrogens (tertiary/aromatic N) is 3. The summed E-state index contributed by atoms with van der Waals surface area (Å²) in [4.78, 5) is 34.2. The zero-order valence-electron chi connectivity index (χ0n) is 18.0. The van der Waals surface area contributed by atoms with Crippen LogP contribution in [0.3, 0.4) is 0 Å². The molecule has 1 aromatic rings. The summed E-state index contributed by atoms with van der Waals surface area (Å²) in [5, 5.41) is 6.19. The minimum atomic E-state index is -0.281. The van der Waals surface area contributed by atoms with Gasteiger partial charge in [-0.2, -0.15) is 0 Å². The van der Waals surface area contributed by atoms with E-state index in [0.717, 1.165) is 44.5 Å². The average Bonchev–Trinajstić information content (AvgIpc) is 2.68. The molecule has 0 aromatic carbocycles. The number of rotatable bonds is 2. The molecule has 3 amide bonds. The molecule has 29 heavy (non-hydrogen) atoms. The molecule has 0 radical (unpaired) electrons. The second-order valence-corrected chi connectivity index (χ2v) is 9.27. The lowest BCUT2D eigenvalue weighted by Gasteiger charge is -2.44. The van der Waals surface area contributed by atoms with E-state index < -0.39 is 0 Å². The Balaban J connectivity index is 1.81. The number of likely N-dealkylation sites (tertiary alicyclic amines) is 1. The number of carbonyl (C=O) groups is 2. The minimum Gasteiger partial charge on any atom is -0.356 e. The van der Waals surface area contributed by atoms with Crippen molar-refractivity contribution >= 4 is 11.9 Å². The highest BCUT2D eigenvalue weighted by atomic mass is 16.2. The first-order valence-electron chi connectivity index (χ1n) is 10.8. The Morgan fingerprint density at radius 3 is 2.83 bits per heavy atom. The third-order valence-electron chi connectivity index (χ3n) is 5.69. The van der Waals surface area contributed by atoms with Crippen molar-refractivity contribution in [2.75, 3.05) is 26.2 Å². The molecule has 3 heterocycles. The lowest BCUT2D eigenvalue weighted by molar-refractivity contribution is -0.129. The maximum Gasteiger partial charge on any atom is 0.317 e. The summed E-state index contributed by atoms with van der Waals surface area (Å²) in [5.41, 5.74) is 0.858. The van der Waals surface area contributed by atoms with Gasteiger partial charge in [0.2, 0.25) is 5.91 Å². The normalized spacial score (nSPS) is 24.4. The molecule has 0 aliphatic carbocycles. The van der Waals surface area contributed by atoms with Crippen LogP contribution >= 0.6 is 0 Å². The van der Waals surface area contributed by atoms with Crippen LogP contribution in [0.15, 0.2) is 24.5 Å². The molecule has 7 nitrogen and oxygen atoms in total. The van der Waals surface area contributed by atoms with Crippen molar-refractivity contribution in [1.29, 1.82) is 0 Å². The minimum absolute atomic E-state index is 0.00720. The fourth-order valence-electron chi connectivity index (χ4n) is 4.24. The van der Waals surface area contributed by atoms with E-state index in [1.807, 2.05) is 37.9 Å². The van der Waals surface area contributed by atoms with Crippen LogP contribution in [0.2, 0.25) is 0 Å². The zero-order chi connectivity index (χ0) is 20.9. The van der Waals surface area contributed by atoms with Gasteiger partial charge in [-0.15, -0.1) is 0 Å². The monoisotopic (exact) mass is 401 g/mol. The van der Waals surface area contributed by atoms with Crippen LogP contribution < -0.4 is 10.6 Å². The first-order chi connectivity index (χ1) is 13.8. The van der Waals surface area contributed by atoms with E-state index in [2.05, 4.69) is 26.6 Å². The Morgan fingerprint density at radius 1 is 1.28 bits per heavy atom. The third-order valence-corrected chi connectivity index (χ3v) is 5.69. The standard InChI is InChI=1S/C22H35N5O2/c1-22(2,3)25-21(29)27-13-9-18-19(16-27)26(15-17-8-7-10-23-14-17)12-6-4-5-11-24-20(18)28/h7-8,10,14,18-19H,4-6,9,11-13,15-16H2,1-3H3,(H,24,28)(H,25,29)/t18-,19-/m1/s1. The number of pyridine rings is 1. The number of amides is 3. The molecule has 0 spiro atoms. The molecule has 1 aromatic heterocycles. The lowest BCUT2D eigenvalue weighted by Crippen LogP contribution is -2.60. The first kappa shape index (κ1) is 21.6. The smallest absolute Gasteiger partial charge is 0.317 e. The number of hydrogen-bond acceptors (Lipinski definition) is 4. The number of fused-ring (bicyclic) bond motifs is 1. The average molecular weight is 402 g/mol. The lowest BCUT2D eigenvalue weighted by atomic mass is 9.88. The van der Waals surface area contributed by atoms with Gasteiger partial charge in [-0.05, 0) is 58.2 Å². The molecular weight excluding hydrogens is 366 g/mol. The van der Waals surface area contributed by atoms with Crippen molar-refractivity contribution in [3.63, 3.8) is 0 Å². The third kappa shape index (κ3) is 6.16. The van der Waals surface area contributed by atoms with Crippen molar-refractivity contribution in [2.24, 2.45) is 5.92 Å². The Morgan fingerprint density at radius 2 is 2.10 bits per heavy atom. The molecule has 160 valence electrons. The van der Waals surface area contributed by atoms with Crippen LogP contribution in [0.25, 0.3) is 0 Å². The molecule has 0 bridgehead atoms. The fraction of sp³-hybridized carbons (Fsp3) is 0.682. The van der Waals surface area contributed by atoms with Crippen molar-refractivity contribution in [3.8, 4) is 0 Å². The quantitative estimate of drug-likeness (QED) is 0.798. The van der Waals surface area contributed by atoms with Crippen LogP contribution in [0.4, 0.5) is 4.79 Å². The predicted molar refractivity (Wildman–Crippen MR) is 113 cm³/mol. The van der Waals surface area contributed by atoms with Crippen LogP contribution in [-0.4, -0.2) is 64.5 Å². The largest absolute Gasteiger partial charge is 0.356 e. The molecule has 0 saturated carbocycles. The van der Waals surface area contributed by atoms with Crippen LogP contribution in [0.5, 0.6) is 0 Å². The van der Waals surface area contributed by atoms with Gasteiger partial charge < -0.3 is 15.5 Å². The van der Waals surface area contributed by atoms with Gasteiger partial charge in [0.25, 0.3) is 0 Å². The number of hydrogen-bond donors (Lipinski definition) is 2. The van der Waals surface area contributed by atoms with Gasteiger partial charge in [0.15, 0.2) is 0 Å². The summed E-state index contributed by atoms with van der Waals surface area (Å²) in [6.07, 6.45) is 7.56. The summed E-state index contributed by atoms with van der Waals surface area (Å²) < 4.78 is 0. The maximum absolute atomic E-state index is 12.9. The molecule has 7 heteroatoms. The summed E-state index contributed by atoms with van der Waals surface area (Å²) in [5.74, 6) is 0.0347. The predicted octanol–water partition coefficient (Wildman–Crippen LogP) is 2.38. The summed E-state index contributed by atoms with van der Waals surface area (Å²) >= 11 is 0. The van der Waals surface area contributed by atoms with Crippen molar-refractivity contribution in [2.45, 2.75) is 64.6 Å². The SMILES string of the molecule is CC(C)(C)NC(=O)N1CC[C@H]2C(=O)NCCCCCN(Cc3cccnc3)[C@@H]2C1. The highest BCUT2D eigenvalue weighted by Gasteiger charge is 2.39. The Labute approximate surface area is 174 Å². The maximum atomic E-state index is 12.9. The topological polar surface area (TPSA) is 77.6 Å². The van der Waals surface area contributed by atoms with Crippen molar-refractivity contribution in [1.82, 2.24) is 25.4 Å². The first-order valence-corrected chi connectivity index (χ1v) is 10.8. The van der Waals surface area contributed by atoms with Gasteiger partial charge in [0, 0.05) is 50.2 Å². The molecule has 2 aliphatic rings. The fourth-order valence-corrected chi connectivity index (χ4v) is 4.24. The van der Waals surface area contributed by atoms with Crippen LogP contribution in [-0.2, 0) is 11.3 Å². The van der Waals surface area contributed by atoms with E-state index >= 15 is 0 Å². The number of aromatic nitrogens is 1. The second kappa shape index (κ2) is 9.57. The molecule has 2 aliphatic heterocycles. The molecular formula is C22H35N5O2. The molecule has 2 fully saturated rings. The number of urea groups is 1. The summed E-state index contributed by atoms with van der Waals surface area (Å²) in [6.45, 7) is 9.57. The van der Waals surface area contributed by atoms with Gasteiger partial charge in [-0.25, -0.2) is 4.79 Å². The van der Waals surface area contributed by atoms with E-state index in [0.29, 0.717) is 19.5 Å². The van der Waals surface area contributed by atoms with Gasteiger partial charge in [-0.1, -0.05) is 12.5 Å². The van der Waals surface area contributed by atoms with Crippen molar-refractivity contribution in [3.05, 3.63) is 30.1 Å². The molecule has 2 N–H and O–H groups in total. The second-order valence-electron chi connectivity index (χ2n) is 9.27. The highest BCUT2D eigenvalue weighted by Crippen LogP contribution is 2.26. The molecule has 3 rings (SSSR count). The van der Waals surface area contributed by atoms with Gasteiger partial charge >= 0.3 is 6.03 Å². The van der Waals surface area contributed by atoms with Gasteiger partial charge in [0.05, 0.1) is 5.92 Å². The zero-order valence-corrected chi connectivity index (χ0v) is 18.0. The summed E-state index contributed by atoms with van der Waals surface area (Å²) in [6, 6.07) is 3.99. The number of carbonyl (C=O) groups excluding carboxylic acids is 2. The van der Waals surface area contributed by atoms with E-state index in [9.17, 15) is 9.59 Å². The Kier molecular flexibility index (Phi) is 7.11. The van der Waals surface area contributed by atoms with Gasteiger partial charge in [-0.3, -0.25) is 14.7 Å². The molecule has 2 saturated heterocycles. The van der Waals surface area contributed by atoms with E-state index in [-0.39, 0.29) is 29.4 Å². The van der Waals surface area contributed by atoms with Crippen LogP contribution in [0, 0.1) is 5.92 Å². The van der Waals surface area contributed by atoms with E-state index in [1.165, 1.54) is 0 Å². The Bertz CT molecular complexity index is 688. The van der Waals surface area contributed by atoms with E-state index in [1.54, 1.807) is 6.20 Å². The number of piperidine rings is 1. The highest BCUT2D eigenvalue weighted by molar-refractivity contribution is 5.80. The van der Waals surface area contributed by atoms with Gasteiger partial charge in [0.1, 0.15) is 0 Å². The number of nitrogens with one attached hydrogen (secondary N) is 2. The molecule has 2 atom stereocenters. The summed E-state index contributed by atoms with van der Waals surface area (Å²) in [7, 11) is 0. The Hall–Kier alpha value is -2.15. The van der Waals surface area contributed by atoms with Crippen molar-refractivity contribution < 1.29 is 9.59 Å². The van der Waals surface area contributed by atoms with E-state index in [4.69, 9.17) is 0 Å². The molecule has 0 unspecified atom stereocenters.